The molecule has 2 aromatic carbocycles. The van der Waals surface area contributed by atoms with E-state index in [1.54, 1.807) is 0 Å². The lowest BCUT2D eigenvalue weighted by Gasteiger charge is -2.38. The second-order valence-corrected chi connectivity index (χ2v) is 8.89. The maximum atomic E-state index is 12.7. The number of hydrogen-bond donors (Lipinski definition) is 8. The minimum Gasteiger partial charge on any atom is -0.507 e. The molecule has 5 rings (SSSR count). The van der Waals surface area contributed by atoms with Crippen molar-refractivity contribution in [3.8, 4) is 40.1 Å². The van der Waals surface area contributed by atoms with Gasteiger partial charge in [0.2, 0.25) is 11.2 Å². The number of aliphatic hydroxyl groups excluding tert-OH is 4. The average Bonchev–Trinajstić information content (AvgIpc) is 3.35. The summed E-state index contributed by atoms with van der Waals surface area (Å²) in [5.41, 5.74) is -0.679. The molecule has 2 aromatic heterocycles. The molecule has 0 radical (unpaired) electrons. The zero-order valence-corrected chi connectivity index (χ0v) is 19.8. The summed E-state index contributed by atoms with van der Waals surface area (Å²) < 4.78 is 17.7. The molecule has 5 atom stereocenters. The van der Waals surface area contributed by atoms with Crippen molar-refractivity contribution < 1.29 is 54.7 Å². The van der Waals surface area contributed by atoms with Crippen molar-refractivity contribution in [1.82, 2.24) is 15.0 Å². The third kappa shape index (κ3) is 4.91. The highest BCUT2D eigenvalue weighted by atomic mass is 16.6. The van der Waals surface area contributed by atoms with Gasteiger partial charge in [-0.25, -0.2) is 4.68 Å². The summed E-state index contributed by atoms with van der Waals surface area (Å²) in [6, 6.07) is 5.97. The first-order chi connectivity index (χ1) is 18.5. The molecule has 0 aliphatic carbocycles. The first kappa shape index (κ1) is 26.2. The zero-order chi connectivity index (χ0) is 28.0. The first-order valence-electron chi connectivity index (χ1n) is 11.5. The van der Waals surface area contributed by atoms with E-state index >= 15 is 0 Å². The van der Waals surface area contributed by atoms with Crippen LogP contribution in [0.3, 0.4) is 0 Å². The number of fused-ring (bicyclic) bond motifs is 1. The Kier molecular flexibility index (Phi) is 6.75. The van der Waals surface area contributed by atoms with Crippen molar-refractivity contribution in [3.05, 3.63) is 52.4 Å². The number of benzene rings is 2. The molecule has 0 spiro atoms. The molecule has 206 valence electrons. The highest BCUT2D eigenvalue weighted by Crippen LogP contribution is 2.38. The second kappa shape index (κ2) is 10.0. The Morgan fingerprint density at radius 2 is 1.69 bits per heavy atom. The van der Waals surface area contributed by atoms with Gasteiger partial charge in [-0.15, -0.1) is 5.10 Å². The van der Waals surface area contributed by atoms with Gasteiger partial charge in [-0.2, -0.15) is 0 Å². The molecule has 39 heavy (non-hydrogen) atoms. The Hall–Kier alpha value is -4.41. The summed E-state index contributed by atoms with van der Waals surface area (Å²) in [5.74, 6) is -2.50. The fourth-order valence-corrected chi connectivity index (χ4v) is 4.13. The van der Waals surface area contributed by atoms with Crippen LogP contribution in [-0.2, 0) is 17.9 Å². The fourth-order valence-electron chi connectivity index (χ4n) is 4.13. The van der Waals surface area contributed by atoms with Crippen molar-refractivity contribution in [3.63, 3.8) is 0 Å². The number of nitrogens with zero attached hydrogens (tertiary/aromatic N) is 3. The van der Waals surface area contributed by atoms with Gasteiger partial charge in [-0.05, 0) is 18.2 Å². The molecule has 8 N–H and O–H groups in total. The highest BCUT2D eigenvalue weighted by molar-refractivity contribution is 5.88. The topological polar surface area (TPSA) is 241 Å². The van der Waals surface area contributed by atoms with Crippen LogP contribution in [0.25, 0.3) is 22.3 Å². The summed E-state index contributed by atoms with van der Waals surface area (Å²) in [7, 11) is 0. The van der Waals surface area contributed by atoms with Crippen LogP contribution in [0.4, 0.5) is 0 Å². The van der Waals surface area contributed by atoms with Crippen LogP contribution in [0.15, 0.2) is 45.7 Å². The molecule has 15 nitrogen and oxygen atoms in total. The van der Waals surface area contributed by atoms with Gasteiger partial charge in [0, 0.05) is 17.7 Å². The molecule has 0 bridgehead atoms. The van der Waals surface area contributed by atoms with E-state index in [1.807, 2.05) is 0 Å². The summed E-state index contributed by atoms with van der Waals surface area (Å²) >= 11 is 0. The first-order valence-corrected chi connectivity index (χ1v) is 11.5. The number of aromatic hydroxyl groups is 4. The van der Waals surface area contributed by atoms with Gasteiger partial charge in [0.15, 0.2) is 23.5 Å². The predicted molar refractivity (Wildman–Crippen MR) is 128 cm³/mol. The van der Waals surface area contributed by atoms with Gasteiger partial charge >= 0.3 is 0 Å². The number of phenolic OH excluding ortho intramolecular Hbond substituents is 3. The van der Waals surface area contributed by atoms with Crippen molar-refractivity contribution >= 4 is 11.0 Å². The maximum Gasteiger partial charge on any atom is 0.238 e. The Balaban J connectivity index is 1.35. The quantitative estimate of drug-likeness (QED) is 0.139. The molecule has 15 heteroatoms. The smallest absolute Gasteiger partial charge is 0.238 e. The van der Waals surface area contributed by atoms with E-state index < -0.39 is 59.1 Å². The molecule has 1 aliphatic rings. The van der Waals surface area contributed by atoms with E-state index in [4.69, 9.17) is 13.9 Å². The van der Waals surface area contributed by atoms with Gasteiger partial charge in [0.05, 0.1) is 12.7 Å². The largest absolute Gasteiger partial charge is 0.507 e. The Morgan fingerprint density at radius 1 is 0.923 bits per heavy atom. The maximum absolute atomic E-state index is 12.7. The van der Waals surface area contributed by atoms with Gasteiger partial charge in [0.25, 0.3) is 0 Å². The van der Waals surface area contributed by atoms with Crippen molar-refractivity contribution in [2.45, 2.75) is 43.9 Å². The van der Waals surface area contributed by atoms with Crippen LogP contribution in [0.2, 0.25) is 0 Å². The lowest BCUT2D eigenvalue weighted by molar-refractivity contribution is -0.284. The predicted octanol–water partition coefficient (Wildman–Crippen LogP) is -0.747. The highest BCUT2D eigenvalue weighted by Gasteiger charge is 2.43. The molecular formula is C24H23N3O12. The third-order valence-corrected chi connectivity index (χ3v) is 6.19. The lowest BCUT2D eigenvalue weighted by Crippen LogP contribution is -2.58. The minimum atomic E-state index is -1.69. The number of phenols is 3. The van der Waals surface area contributed by atoms with E-state index in [0.717, 1.165) is 18.2 Å². The van der Waals surface area contributed by atoms with Crippen LogP contribution in [0.5, 0.6) is 28.7 Å². The lowest BCUT2D eigenvalue weighted by atomic mass is 9.99. The van der Waals surface area contributed by atoms with Crippen molar-refractivity contribution in [1.29, 1.82) is 0 Å². The number of aliphatic hydroxyl groups is 4. The Bertz CT molecular complexity index is 1580. The second-order valence-electron chi connectivity index (χ2n) is 8.89. The molecule has 0 unspecified atom stereocenters. The van der Waals surface area contributed by atoms with Crippen LogP contribution >= 0.6 is 0 Å². The summed E-state index contributed by atoms with van der Waals surface area (Å²) in [6.45, 7) is -0.278. The standard InChI is InChI=1S/C24H23N3O12/c28-12-2-1-9(3-13(12)29)23-21(34)19(32)17-14(30)4-11(5-15(17)38-23)37-8-10-6-27(26-25-10)7-16-18(31)20(33)22(35)24(36)39-16/h1-6,16,18,20,22,24,28-31,33-36H,7-8H2/t16-,18-,20+,22-,24-/m1/s1. The SMILES string of the molecule is O=c1c(O)c(-c2ccc(O)c(O)c2)oc2cc(OCc3cn(C[C@H]4O[C@@H](O)[C@H](O)[C@@H](O)[C@@H]4O)nn3)cc(O)c12. The number of rotatable bonds is 6. The van der Waals surface area contributed by atoms with E-state index in [1.165, 1.54) is 23.0 Å². The number of aromatic nitrogens is 3. The molecule has 0 amide bonds. The Labute approximate surface area is 217 Å². The monoisotopic (exact) mass is 545 g/mol. The Morgan fingerprint density at radius 3 is 2.44 bits per heavy atom. The average molecular weight is 545 g/mol. The third-order valence-electron chi connectivity index (χ3n) is 6.19. The number of ether oxygens (including phenoxy) is 2. The molecule has 1 aliphatic heterocycles. The minimum absolute atomic E-state index is 0.0640. The van der Waals surface area contributed by atoms with Gasteiger partial charge in [-0.3, -0.25) is 4.79 Å². The molecule has 1 saturated heterocycles. The molecule has 1 fully saturated rings. The van der Waals surface area contributed by atoms with Crippen molar-refractivity contribution in [2.75, 3.05) is 0 Å². The summed E-state index contributed by atoms with van der Waals surface area (Å²) in [5, 5.41) is 86.7. The summed E-state index contributed by atoms with van der Waals surface area (Å²) in [4.78, 5) is 12.7. The van der Waals surface area contributed by atoms with E-state index in [-0.39, 0.29) is 41.2 Å². The molecule has 3 heterocycles. The van der Waals surface area contributed by atoms with Gasteiger partial charge in [0.1, 0.15) is 59.2 Å². The normalized spacial score (nSPS) is 23.2. The van der Waals surface area contributed by atoms with E-state index in [2.05, 4.69) is 10.3 Å². The molecule has 0 saturated carbocycles. The van der Waals surface area contributed by atoms with Crippen LogP contribution in [-0.4, -0.2) is 86.6 Å². The summed E-state index contributed by atoms with van der Waals surface area (Å²) in [6.07, 6.45) is -6.11. The van der Waals surface area contributed by atoms with Crippen LogP contribution < -0.4 is 10.2 Å². The fraction of sp³-hybridized carbons (Fsp3) is 0.292. The molecular weight excluding hydrogens is 522 g/mol. The van der Waals surface area contributed by atoms with E-state index in [0.29, 0.717) is 5.69 Å². The van der Waals surface area contributed by atoms with Gasteiger partial charge in [-0.1, -0.05) is 5.21 Å². The number of hydrogen-bond acceptors (Lipinski definition) is 14. The van der Waals surface area contributed by atoms with Crippen molar-refractivity contribution in [2.24, 2.45) is 0 Å². The molecule has 4 aromatic rings. The van der Waals surface area contributed by atoms with E-state index in [9.17, 15) is 45.6 Å². The zero-order valence-electron chi connectivity index (χ0n) is 19.8. The van der Waals surface area contributed by atoms with Crippen LogP contribution in [0, 0.1) is 0 Å². The van der Waals surface area contributed by atoms with Gasteiger partial charge < -0.3 is 54.7 Å². The van der Waals surface area contributed by atoms with Crippen LogP contribution in [0.1, 0.15) is 5.69 Å².